The Morgan fingerprint density at radius 3 is 2.33 bits per heavy atom. The Balaban J connectivity index is 1.64. The highest BCUT2D eigenvalue weighted by Gasteiger charge is 2.27. The Morgan fingerprint density at radius 2 is 1.69 bits per heavy atom. The highest BCUT2D eigenvalue weighted by molar-refractivity contribution is 7.89. The van der Waals surface area contributed by atoms with Crippen LogP contribution in [0, 0.1) is 5.92 Å². The maximum Gasteiger partial charge on any atom is 0.410 e. The minimum absolute atomic E-state index is 0.000294. The number of nitrogens with zero attached hydrogens (tertiary/aromatic N) is 1. The zero-order valence-corrected chi connectivity index (χ0v) is 28.0. The Morgan fingerprint density at radius 1 is 1.02 bits per heavy atom. The van der Waals surface area contributed by atoms with Crippen LogP contribution in [-0.4, -0.2) is 76.4 Å². The highest BCUT2D eigenvalue weighted by atomic mass is 32.2. The molecule has 1 heterocycles. The van der Waals surface area contributed by atoms with Crippen molar-refractivity contribution < 1.29 is 36.3 Å². The van der Waals surface area contributed by atoms with Crippen molar-refractivity contribution in [2.24, 2.45) is 5.92 Å². The quantitative estimate of drug-likeness (QED) is 0.138. The smallest absolute Gasteiger partial charge is 0.410 e. The summed E-state index contributed by atoms with van der Waals surface area (Å²) in [6.45, 7) is 11.8. The number of nitrogens with one attached hydrogen (secondary N) is 1. The summed E-state index contributed by atoms with van der Waals surface area (Å²) in [5.41, 5.74) is 0.612. The van der Waals surface area contributed by atoms with Crippen LogP contribution in [0.4, 0.5) is 4.79 Å². The number of rotatable bonds is 19. The van der Waals surface area contributed by atoms with Crippen LogP contribution in [0.15, 0.2) is 24.3 Å². The van der Waals surface area contributed by atoms with Crippen molar-refractivity contribution in [3.05, 3.63) is 29.8 Å². The van der Waals surface area contributed by atoms with Crippen molar-refractivity contribution in [2.75, 3.05) is 51.4 Å². The molecule has 1 N–H and O–H groups in total. The van der Waals surface area contributed by atoms with E-state index in [1.807, 2.05) is 49.9 Å². The molecule has 0 aliphatic carbocycles. The van der Waals surface area contributed by atoms with Crippen molar-refractivity contribution >= 4 is 23.7 Å². The molecule has 1 amide bonds. The fourth-order valence-corrected chi connectivity index (χ4v) is 7.67. The van der Waals surface area contributed by atoms with Gasteiger partial charge in [0.25, 0.3) is 0 Å². The molecule has 10 nitrogen and oxygen atoms in total. The van der Waals surface area contributed by atoms with Gasteiger partial charge >= 0.3 is 13.7 Å². The molecule has 0 unspecified atom stereocenters. The van der Waals surface area contributed by atoms with Crippen LogP contribution in [-0.2, 0) is 34.8 Å². The summed E-state index contributed by atoms with van der Waals surface area (Å²) >= 11 is 0. The number of benzene rings is 1. The molecule has 2 rings (SSSR count). The second-order valence-corrected chi connectivity index (χ2v) is 15.8. The van der Waals surface area contributed by atoms with Gasteiger partial charge in [-0.25, -0.2) is 17.9 Å². The van der Waals surface area contributed by atoms with Crippen LogP contribution in [0.25, 0.3) is 0 Å². The van der Waals surface area contributed by atoms with Gasteiger partial charge in [-0.05, 0) is 97.1 Å². The van der Waals surface area contributed by atoms with E-state index in [4.69, 9.17) is 18.5 Å². The van der Waals surface area contributed by atoms with Crippen LogP contribution >= 0.6 is 7.60 Å². The van der Waals surface area contributed by atoms with Crippen LogP contribution in [0.2, 0.25) is 0 Å². The van der Waals surface area contributed by atoms with Gasteiger partial charge in [0.1, 0.15) is 11.4 Å². The molecule has 0 bridgehead atoms. The number of sulfonamides is 1. The number of carbonyl (C=O) groups is 1. The molecule has 1 saturated heterocycles. The summed E-state index contributed by atoms with van der Waals surface area (Å²) in [7, 11) is -6.76. The number of carbonyl (C=O) groups excluding carboxylic acids is 1. The van der Waals surface area contributed by atoms with Crippen LogP contribution in [0.3, 0.4) is 0 Å². The number of ether oxygens (including phenoxy) is 2. The van der Waals surface area contributed by atoms with E-state index in [2.05, 4.69) is 4.72 Å². The summed E-state index contributed by atoms with van der Waals surface area (Å²) in [6, 6.07) is 7.92. The molecule has 1 aliphatic rings. The van der Waals surface area contributed by atoms with Gasteiger partial charge in [-0.1, -0.05) is 24.6 Å². The third kappa shape index (κ3) is 14.7. The Kier molecular flexibility index (Phi) is 15.9. The van der Waals surface area contributed by atoms with E-state index in [1.165, 1.54) is 0 Å². The van der Waals surface area contributed by atoms with E-state index < -0.39 is 23.2 Å². The molecule has 12 heteroatoms. The van der Waals surface area contributed by atoms with Crippen molar-refractivity contribution in [3.8, 4) is 5.75 Å². The number of hydrogen-bond acceptors (Lipinski definition) is 8. The summed E-state index contributed by atoms with van der Waals surface area (Å²) in [5, 5.41) is 0. The Labute approximate surface area is 253 Å². The van der Waals surface area contributed by atoms with Crippen molar-refractivity contribution in [2.45, 2.75) is 91.6 Å². The third-order valence-electron chi connectivity index (χ3n) is 6.97. The van der Waals surface area contributed by atoms with E-state index in [1.54, 1.807) is 13.8 Å². The van der Waals surface area contributed by atoms with Gasteiger partial charge in [0.2, 0.25) is 10.0 Å². The van der Waals surface area contributed by atoms with Gasteiger partial charge in [0.05, 0.1) is 31.7 Å². The number of likely N-dealkylation sites (tertiary alicyclic amines) is 1. The maximum atomic E-state index is 12.5. The van der Waals surface area contributed by atoms with Gasteiger partial charge in [-0.2, -0.15) is 0 Å². The van der Waals surface area contributed by atoms with E-state index in [9.17, 15) is 17.8 Å². The summed E-state index contributed by atoms with van der Waals surface area (Å²) in [5.74, 6) is 1.48. The van der Waals surface area contributed by atoms with E-state index >= 15 is 0 Å². The molecule has 0 atom stereocenters. The molecule has 1 fully saturated rings. The molecule has 0 aromatic heterocycles. The first kappa shape index (κ1) is 36.5. The molecular formula is C30H53N2O8PS. The first-order chi connectivity index (χ1) is 19.9. The fourth-order valence-electron chi connectivity index (χ4n) is 4.88. The Hall–Kier alpha value is -1.65. The lowest BCUT2D eigenvalue weighted by atomic mass is 9.92. The number of aryl methyl sites for hydroxylation is 1. The summed E-state index contributed by atoms with van der Waals surface area (Å²) < 4.78 is 61.8. The van der Waals surface area contributed by atoms with Crippen LogP contribution in [0.1, 0.15) is 85.1 Å². The second kappa shape index (κ2) is 18.2. The van der Waals surface area contributed by atoms with Crippen LogP contribution < -0.4 is 9.46 Å². The monoisotopic (exact) mass is 632 g/mol. The number of hydrogen-bond donors (Lipinski definition) is 1. The van der Waals surface area contributed by atoms with Gasteiger partial charge in [-0.15, -0.1) is 0 Å². The van der Waals surface area contributed by atoms with Crippen molar-refractivity contribution in [3.63, 3.8) is 0 Å². The maximum absolute atomic E-state index is 12.5. The zero-order chi connectivity index (χ0) is 31.1. The van der Waals surface area contributed by atoms with Gasteiger partial charge in [-0.3, -0.25) is 4.57 Å². The normalized spacial score (nSPS) is 15.1. The minimum atomic E-state index is -3.48. The third-order valence-corrected chi connectivity index (χ3v) is 10.5. The van der Waals surface area contributed by atoms with Crippen molar-refractivity contribution in [1.82, 2.24) is 9.62 Å². The second-order valence-electron chi connectivity index (χ2n) is 11.7. The molecule has 0 radical (unpaired) electrons. The van der Waals surface area contributed by atoms with Gasteiger partial charge in [0, 0.05) is 19.6 Å². The first-order valence-electron chi connectivity index (χ1n) is 15.4. The standard InChI is InChI=1S/C30H53N2O8PS/c1-6-38-41(34,39-7-2)24-20-31-42(35,36)25-13-11-16-27-15-8-9-17-28(27)37-23-12-10-14-26-18-21-32(22-19-26)29(33)40-30(3,4)5/h8-9,15,17,26,31H,6-7,10-14,16,18-25H2,1-5H3. The van der Waals surface area contributed by atoms with E-state index in [0.717, 1.165) is 62.9 Å². The predicted molar refractivity (Wildman–Crippen MR) is 167 cm³/mol. The SMILES string of the molecule is CCOP(=O)(CCNS(=O)(=O)CCCCc1ccccc1OCCCCC1CCN(C(=O)OC(C)(C)C)CC1)OCC. The zero-order valence-electron chi connectivity index (χ0n) is 26.3. The topological polar surface area (TPSA) is 120 Å². The molecular weight excluding hydrogens is 579 g/mol. The average molecular weight is 633 g/mol. The molecule has 0 spiro atoms. The van der Waals surface area contributed by atoms with E-state index in [-0.39, 0.29) is 37.8 Å². The lowest BCUT2D eigenvalue weighted by Crippen LogP contribution is -2.41. The number of para-hydroxylation sites is 1. The molecule has 42 heavy (non-hydrogen) atoms. The summed E-state index contributed by atoms with van der Waals surface area (Å²) in [4.78, 5) is 14.1. The number of unbranched alkanes of at least 4 members (excludes halogenated alkanes) is 2. The highest BCUT2D eigenvalue weighted by Crippen LogP contribution is 2.47. The lowest BCUT2D eigenvalue weighted by Gasteiger charge is -2.33. The molecule has 1 aromatic carbocycles. The van der Waals surface area contributed by atoms with Gasteiger partial charge < -0.3 is 23.4 Å². The summed E-state index contributed by atoms with van der Waals surface area (Å²) in [6.07, 6.45) is 6.92. The molecule has 242 valence electrons. The average Bonchev–Trinajstić information content (AvgIpc) is 2.91. The molecule has 1 aromatic rings. The lowest BCUT2D eigenvalue weighted by molar-refractivity contribution is 0.0180. The minimum Gasteiger partial charge on any atom is -0.493 e. The number of amides is 1. The van der Waals surface area contributed by atoms with E-state index in [0.29, 0.717) is 25.4 Å². The predicted octanol–water partition coefficient (Wildman–Crippen LogP) is 6.39. The fraction of sp³-hybridized carbons (Fsp3) is 0.767. The first-order valence-corrected chi connectivity index (χ1v) is 18.8. The molecule has 1 aliphatic heterocycles. The number of piperidine rings is 1. The van der Waals surface area contributed by atoms with Crippen LogP contribution in [0.5, 0.6) is 5.75 Å². The van der Waals surface area contributed by atoms with Crippen molar-refractivity contribution in [1.29, 1.82) is 0 Å². The Bertz CT molecular complexity index is 1080. The largest absolute Gasteiger partial charge is 0.493 e. The molecule has 0 saturated carbocycles. The van der Waals surface area contributed by atoms with Gasteiger partial charge in [0.15, 0.2) is 0 Å².